The van der Waals surface area contributed by atoms with Gasteiger partial charge in [0.25, 0.3) is 0 Å². The van der Waals surface area contributed by atoms with Crippen molar-refractivity contribution in [1.29, 1.82) is 5.26 Å². The first-order valence-electron chi connectivity index (χ1n) is 6.22. The number of hydrogen-bond acceptors (Lipinski definition) is 4. The van der Waals surface area contributed by atoms with Crippen LogP contribution in [-0.2, 0) is 10.0 Å². The molecule has 0 unspecified atom stereocenters. The van der Waals surface area contributed by atoms with Crippen LogP contribution in [0, 0.1) is 23.2 Å². The van der Waals surface area contributed by atoms with Gasteiger partial charge in [-0.1, -0.05) is 18.8 Å². The number of sulfonamides is 1. The molecule has 0 aliphatic carbocycles. The quantitative estimate of drug-likeness (QED) is 0.817. The van der Waals surface area contributed by atoms with E-state index in [-0.39, 0.29) is 24.4 Å². The SMILES string of the molecule is CCN(CCC#N)S(=O)(=O)c1ccc(C#CCN)cc1. The van der Waals surface area contributed by atoms with E-state index in [0.29, 0.717) is 6.54 Å². The van der Waals surface area contributed by atoms with Gasteiger partial charge in [-0.25, -0.2) is 8.42 Å². The van der Waals surface area contributed by atoms with Crippen molar-refractivity contribution in [3.05, 3.63) is 29.8 Å². The highest BCUT2D eigenvalue weighted by atomic mass is 32.2. The minimum absolute atomic E-state index is 0.174. The Balaban J connectivity index is 3.00. The smallest absolute Gasteiger partial charge is 0.243 e. The topological polar surface area (TPSA) is 87.2 Å². The molecule has 20 heavy (non-hydrogen) atoms. The minimum atomic E-state index is -3.55. The summed E-state index contributed by atoms with van der Waals surface area (Å²) in [5.74, 6) is 5.54. The maximum Gasteiger partial charge on any atom is 0.243 e. The zero-order chi connectivity index (χ0) is 15.0. The van der Waals surface area contributed by atoms with Crippen LogP contribution in [0.15, 0.2) is 29.2 Å². The molecule has 1 aromatic rings. The summed E-state index contributed by atoms with van der Waals surface area (Å²) in [6, 6.07) is 8.28. The number of rotatable bonds is 5. The second-order valence-electron chi connectivity index (χ2n) is 3.94. The van der Waals surface area contributed by atoms with E-state index < -0.39 is 10.0 Å². The second kappa shape index (κ2) is 7.66. The van der Waals surface area contributed by atoms with Crippen molar-refractivity contribution < 1.29 is 8.42 Å². The predicted octanol–water partition coefficient (Wildman–Crippen LogP) is 0.921. The molecule has 0 aliphatic heterocycles. The van der Waals surface area contributed by atoms with E-state index in [2.05, 4.69) is 11.8 Å². The van der Waals surface area contributed by atoms with Crippen molar-refractivity contribution >= 4 is 10.0 Å². The molecule has 0 atom stereocenters. The van der Waals surface area contributed by atoms with Crippen molar-refractivity contribution in [2.24, 2.45) is 5.73 Å². The summed E-state index contributed by atoms with van der Waals surface area (Å²) in [6.45, 7) is 2.54. The molecule has 0 fully saturated rings. The van der Waals surface area contributed by atoms with E-state index in [9.17, 15) is 8.42 Å². The zero-order valence-electron chi connectivity index (χ0n) is 11.3. The van der Waals surface area contributed by atoms with Crippen LogP contribution in [0.1, 0.15) is 18.9 Å². The molecule has 0 saturated carbocycles. The van der Waals surface area contributed by atoms with E-state index in [0.717, 1.165) is 5.56 Å². The van der Waals surface area contributed by atoms with Gasteiger partial charge in [-0.3, -0.25) is 0 Å². The van der Waals surface area contributed by atoms with Crippen molar-refractivity contribution in [1.82, 2.24) is 4.31 Å². The fourth-order valence-electron chi connectivity index (χ4n) is 1.64. The Hall–Kier alpha value is -1.86. The lowest BCUT2D eigenvalue weighted by atomic mass is 10.2. The monoisotopic (exact) mass is 291 g/mol. The fourth-order valence-corrected chi connectivity index (χ4v) is 3.09. The lowest BCUT2D eigenvalue weighted by molar-refractivity contribution is 0.435. The van der Waals surface area contributed by atoms with Gasteiger partial charge in [0.1, 0.15) is 0 Å². The van der Waals surface area contributed by atoms with Gasteiger partial charge < -0.3 is 5.73 Å². The van der Waals surface area contributed by atoms with Crippen LogP contribution >= 0.6 is 0 Å². The molecule has 106 valence electrons. The van der Waals surface area contributed by atoms with E-state index in [1.54, 1.807) is 19.1 Å². The summed E-state index contributed by atoms with van der Waals surface area (Å²) in [5.41, 5.74) is 5.99. The Kier molecular flexibility index (Phi) is 6.20. The Morgan fingerprint density at radius 2 is 1.95 bits per heavy atom. The third-order valence-electron chi connectivity index (χ3n) is 2.65. The van der Waals surface area contributed by atoms with E-state index in [1.165, 1.54) is 16.4 Å². The molecule has 0 saturated heterocycles. The van der Waals surface area contributed by atoms with Crippen LogP contribution in [0.3, 0.4) is 0 Å². The summed E-state index contributed by atoms with van der Waals surface area (Å²) in [6.07, 6.45) is 0.174. The standard InChI is InChI=1S/C14H17N3O2S/c1-2-17(12-4-11-16)20(18,19)14-8-6-13(7-9-14)5-3-10-15/h6-9H,2,4,10,12,15H2,1H3. The van der Waals surface area contributed by atoms with Crippen LogP contribution in [0.2, 0.25) is 0 Å². The van der Waals surface area contributed by atoms with Crippen LogP contribution < -0.4 is 5.73 Å². The Labute approximate surface area is 120 Å². The van der Waals surface area contributed by atoms with Crippen LogP contribution in [0.4, 0.5) is 0 Å². The van der Waals surface area contributed by atoms with Gasteiger partial charge in [-0.05, 0) is 24.3 Å². The van der Waals surface area contributed by atoms with Gasteiger partial charge in [0.15, 0.2) is 0 Å². The van der Waals surface area contributed by atoms with Crippen LogP contribution in [0.25, 0.3) is 0 Å². The van der Waals surface area contributed by atoms with Crippen molar-refractivity contribution in [2.45, 2.75) is 18.2 Å². The third-order valence-corrected chi connectivity index (χ3v) is 4.64. The summed E-state index contributed by atoms with van der Waals surface area (Å²) in [7, 11) is -3.55. The lowest BCUT2D eigenvalue weighted by Gasteiger charge is -2.19. The minimum Gasteiger partial charge on any atom is -0.320 e. The Morgan fingerprint density at radius 1 is 1.30 bits per heavy atom. The maximum absolute atomic E-state index is 12.4. The Morgan fingerprint density at radius 3 is 2.45 bits per heavy atom. The van der Waals surface area contributed by atoms with E-state index >= 15 is 0 Å². The summed E-state index contributed by atoms with van der Waals surface area (Å²) in [4.78, 5) is 0.204. The van der Waals surface area contributed by atoms with Crippen molar-refractivity contribution in [3.8, 4) is 17.9 Å². The molecule has 0 bridgehead atoms. The second-order valence-corrected chi connectivity index (χ2v) is 5.87. The van der Waals surface area contributed by atoms with Gasteiger partial charge in [-0.15, -0.1) is 0 Å². The first-order chi connectivity index (χ1) is 9.56. The first-order valence-corrected chi connectivity index (χ1v) is 7.66. The molecule has 0 radical (unpaired) electrons. The molecule has 0 aromatic heterocycles. The average molecular weight is 291 g/mol. The molecule has 0 spiro atoms. The van der Waals surface area contributed by atoms with Crippen molar-refractivity contribution in [3.63, 3.8) is 0 Å². The lowest BCUT2D eigenvalue weighted by Crippen LogP contribution is -2.31. The van der Waals surface area contributed by atoms with Gasteiger partial charge >= 0.3 is 0 Å². The Bertz CT molecular complexity index is 634. The van der Waals surface area contributed by atoms with Gasteiger partial charge in [0, 0.05) is 25.1 Å². The molecule has 6 heteroatoms. The van der Waals surface area contributed by atoms with Gasteiger partial charge in [0.05, 0.1) is 17.5 Å². The van der Waals surface area contributed by atoms with Gasteiger partial charge in [0.2, 0.25) is 10.0 Å². The van der Waals surface area contributed by atoms with E-state index in [1.807, 2.05) is 6.07 Å². The highest BCUT2D eigenvalue weighted by molar-refractivity contribution is 7.89. The third kappa shape index (κ3) is 4.07. The number of benzene rings is 1. The molecule has 1 aromatic carbocycles. The highest BCUT2D eigenvalue weighted by Crippen LogP contribution is 2.16. The maximum atomic E-state index is 12.4. The van der Waals surface area contributed by atoms with Crippen LogP contribution in [-0.4, -0.2) is 32.4 Å². The molecule has 5 nitrogen and oxygen atoms in total. The first kappa shape index (κ1) is 16.2. The summed E-state index contributed by atoms with van der Waals surface area (Å²) < 4.78 is 26.0. The molecule has 1 rings (SSSR count). The fraction of sp³-hybridized carbons (Fsp3) is 0.357. The van der Waals surface area contributed by atoms with E-state index in [4.69, 9.17) is 11.0 Å². The number of nitriles is 1. The molecule has 0 aliphatic rings. The normalized spacial score (nSPS) is 10.7. The summed E-state index contributed by atoms with van der Waals surface area (Å²) >= 11 is 0. The summed E-state index contributed by atoms with van der Waals surface area (Å²) in [5, 5.41) is 8.57. The van der Waals surface area contributed by atoms with Crippen LogP contribution in [0.5, 0.6) is 0 Å². The molecular formula is C14H17N3O2S. The predicted molar refractivity (Wildman–Crippen MR) is 77.0 cm³/mol. The van der Waals surface area contributed by atoms with Gasteiger partial charge in [-0.2, -0.15) is 9.57 Å². The molecular weight excluding hydrogens is 274 g/mol. The zero-order valence-corrected chi connectivity index (χ0v) is 12.2. The highest BCUT2D eigenvalue weighted by Gasteiger charge is 2.22. The number of nitrogens with two attached hydrogens (primary N) is 1. The number of nitrogens with zero attached hydrogens (tertiary/aromatic N) is 2. The largest absolute Gasteiger partial charge is 0.320 e. The van der Waals surface area contributed by atoms with Crippen molar-refractivity contribution in [2.75, 3.05) is 19.6 Å². The molecule has 0 amide bonds. The molecule has 0 heterocycles. The number of hydrogen-bond donors (Lipinski definition) is 1. The molecule has 2 N–H and O–H groups in total. The average Bonchev–Trinajstić information content (AvgIpc) is 2.46.